The van der Waals surface area contributed by atoms with Gasteiger partial charge in [-0.3, -0.25) is 4.99 Å². The average Bonchev–Trinajstić information content (AvgIpc) is 3.12. The van der Waals surface area contributed by atoms with Crippen LogP contribution in [0.4, 0.5) is 11.4 Å². The molecule has 0 atom stereocenters. The molecule has 146 valence electrons. The third-order valence-electron chi connectivity index (χ3n) is 5.56. The zero-order valence-corrected chi connectivity index (χ0v) is 16.4. The number of carbonyl (C=O) groups is 1. The normalized spacial score (nSPS) is 17.8. The smallest absolute Gasteiger partial charge is 0.335 e. The molecule has 0 radical (unpaired) electrons. The van der Waals surface area contributed by atoms with Crippen molar-refractivity contribution < 1.29 is 14.6 Å². The number of carboxylic acids is 1. The first-order valence-electron chi connectivity index (χ1n) is 9.61. The summed E-state index contributed by atoms with van der Waals surface area (Å²) in [6.45, 7) is 3.26. The summed E-state index contributed by atoms with van der Waals surface area (Å²) in [7, 11) is 0. The SMILES string of the molecule is O=C(O)C1=CCC2=Nc3ccc(Cl)c(-c4ccc(N5CCOCC5)cc4)c3C2=C1. The van der Waals surface area contributed by atoms with Crippen LogP contribution in [0.5, 0.6) is 0 Å². The molecule has 2 aliphatic heterocycles. The van der Waals surface area contributed by atoms with Crippen molar-refractivity contribution in [1.82, 2.24) is 0 Å². The molecule has 0 spiro atoms. The summed E-state index contributed by atoms with van der Waals surface area (Å²) in [5.74, 6) is -0.927. The highest BCUT2D eigenvalue weighted by atomic mass is 35.5. The Hall–Kier alpha value is -2.89. The number of fused-ring (bicyclic) bond motifs is 3. The summed E-state index contributed by atoms with van der Waals surface area (Å²) in [4.78, 5) is 18.5. The molecule has 0 amide bonds. The molecule has 1 aliphatic carbocycles. The van der Waals surface area contributed by atoms with Gasteiger partial charge in [0.2, 0.25) is 0 Å². The minimum atomic E-state index is -0.927. The van der Waals surface area contributed by atoms with Gasteiger partial charge < -0.3 is 14.7 Å². The second-order valence-electron chi connectivity index (χ2n) is 7.25. The van der Waals surface area contributed by atoms with Gasteiger partial charge in [0.05, 0.1) is 30.2 Å². The molecule has 0 saturated carbocycles. The maximum Gasteiger partial charge on any atom is 0.335 e. The highest BCUT2D eigenvalue weighted by molar-refractivity contribution is 6.37. The number of carboxylic acid groups (broad SMARTS) is 1. The summed E-state index contributed by atoms with van der Waals surface area (Å²) in [5, 5.41) is 10.0. The van der Waals surface area contributed by atoms with Crippen LogP contribution in [0.25, 0.3) is 16.7 Å². The van der Waals surface area contributed by atoms with Crippen LogP contribution in [0.3, 0.4) is 0 Å². The molecule has 0 bridgehead atoms. The number of aliphatic carboxylic acids is 1. The fourth-order valence-corrected chi connectivity index (χ4v) is 4.37. The molecule has 3 aliphatic rings. The standard InChI is InChI=1S/C23H19ClN2O3/c24-18-6-8-20-22(17-13-15(23(27)28)3-7-19(17)25-20)21(18)14-1-4-16(5-2-14)26-9-11-29-12-10-26/h1-6,8,13H,7,9-12H2,(H,27,28). The van der Waals surface area contributed by atoms with Gasteiger partial charge in [-0.2, -0.15) is 0 Å². The molecule has 1 N–H and O–H groups in total. The lowest BCUT2D eigenvalue weighted by Crippen LogP contribution is -2.36. The number of anilines is 1. The van der Waals surface area contributed by atoms with Crippen molar-refractivity contribution in [3.05, 3.63) is 64.7 Å². The summed E-state index contributed by atoms with van der Waals surface area (Å²) in [6.07, 6.45) is 3.92. The number of benzene rings is 2. The Morgan fingerprint density at radius 1 is 1.07 bits per heavy atom. The topological polar surface area (TPSA) is 62.1 Å². The maximum absolute atomic E-state index is 11.5. The van der Waals surface area contributed by atoms with Crippen LogP contribution in [-0.2, 0) is 9.53 Å². The Kier molecular flexibility index (Phi) is 4.49. The molecule has 0 aromatic heterocycles. The van der Waals surface area contributed by atoms with E-state index in [1.165, 1.54) is 0 Å². The van der Waals surface area contributed by atoms with E-state index >= 15 is 0 Å². The highest BCUT2D eigenvalue weighted by Gasteiger charge is 2.28. The van der Waals surface area contributed by atoms with Gasteiger partial charge in [0.15, 0.2) is 0 Å². The van der Waals surface area contributed by atoms with Gasteiger partial charge in [0, 0.05) is 46.9 Å². The van der Waals surface area contributed by atoms with E-state index < -0.39 is 5.97 Å². The number of morpholine rings is 1. The third-order valence-corrected chi connectivity index (χ3v) is 5.88. The third kappa shape index (κ3) is 3.16. The molecule has 2 aromatic rings. The van der Waals surface area contributed by atoms with Crippen LogP contribution in [0, 0.1) is 0 Å². The zero-order valence-electron chi connectivity index (χ0n) is 15.7. The van der Waals surface area contributed by atoms with Crippen LogP contribution in [-0.4, -0.2) is 43.1 Å². The molecule has 2 heterocycles. The Morgan fingerprint density at radius 3 is 2.55 bits per heavy atom. The van der Waals surface area contributed by atoms with E-state index in [9.17, 15) is 9.90 Å². The number of ether oxygens (including phenoxy) is 1. The predicted octanol–water partition coefficient (Wildman–Crippen LogP) is 4.73. The monoisotopic (exact) mass is 406 g/mol. The number of rotatable bonds is 3. The lowest BCUT2D eigenvalue weighted by Gasteiger charge is -2.29. The second kappa shape index (κ2) is 7.17. The number of hydrogen-bond acceptors (Lipinski definition) is 4. The molecule has 29 heavy (non-hydrogen) atoms. The highest BCUT2D eigenvalue weighted by Crippen LogP contribution is 2.47. The molecule has 0 unspecified atom stereocenters. The van der Waals surface area contributed by atoms with Crippen molar-refractivity contribution in [1.29, 1.82) is 0 Å². The fourth-order valence-electron chi connectivity index (χ4n) is 4.11. The van der Waals surface area contributed by atoms with Gasteiger partial charge in [-0.25, -0.2) is 4.79 Å². The van der Waals surface area contributed by atoms with Gasteiger partial charge in [0.1, 0.15) is 0 Å². The molecular formula is C23H19ClN2O3. The molecular weight excluding hydrogens is 388 g/mol. The average molecular weight is 407 g/mol. The van der Waals surface area contributed by atoms with E-state index in [4.69, 9.17) is 21.3 Å². The number of hydrogen-bond donors (Lipinski definition) is 1. The van der Waals surface area contributed by atoms with Crippen LogP contribution in [0.1, 0.15) is 12.0 Å². The fraction of sp³-hybridized carbons (Fsp3) is 0.217. The molecule has 5 rings (SSSR count). The first kappa shape index (κ1) is 18.2. The van der Waals surface area contributed by atoms with Crippen molar-refractivity contribution in [2.75, 3.05) is 31.2 Å². The quantitative estimate of drug-likeness (QED) is 0.800. The van der Waals surface area contributed by atoms with E-state index in [2.05, 4.69) is 29.2 Å². The Labute approximate surface area is 173 Å². The van der Waals surface area contributed by atoms with Crippen LogP contribution in [0.15, 0.2) is 59.1 Å². The number of allylic oxidation sites excluding steroid dienone is 2. The minimum absolute atomic E-state index is 0.292. The molecule has 6 heteroatoms. The molecule has 1 fully saturated rings. The Balaban J connectivity index is 1.57. The number of halogens is 1. The largest absolute Gasteiger partial charge is 0.478 e. The second-order valence-corrected chi connectivity index (χ2v) is 7.66. The van der Waals surface area contributed by atoms with Crippen molar-refractivity contribution >= 4 is 40.2 Å². The van der Waals surface area contributed by atoms with Crippen LogP contribution < -0.4 is 4.90 Å². The lowest BCUT2D eigenvalue weighted by molar-refractivity contribution is -0.132. The van der Waals surface area contributed by atoms with E-state index in [-0.39, 0.29) is 0 Å². The van der Waals surface area contributed by atoms with Gasteiger partial charge >= 0.3 is 5.97 Å². The summed E-state index contributed by atoms with van der Waals surface area (Å²) < 4.78 is 5.43. The number of nitrogens with zero attached hydrogens (tertiary/aromatic N) is 2. The number of aliphatic imine (C=N–C) groups is 1. The van der Waals surface area contributed by atoms with E-state index in [0.717, 1.165) is 65.7 Å². The molecule has 1 saturated heterocycles. The van der Waals surface area contributed by atoms with E-state index in [1.807, 2.05) is 12.1 Å². The van der Waals surface area contributed by atoms with Gasteiger partial charge in [0.25, 0.3) is 0 Å². The van der Waals surface area contributed by atoms with Crippen molar-refractivity contribution in [2.45, 2.75) is 6.42 Å². The van der Waals surface area contributed by atoms with Gasteiger partial charge in [-0.15, -0.1) is 0 Å². The minimum Gasteiger partial charge on any atom is -0.478 e. The summed E-state index contributed by atoms with van der Waals surface area (Å²) in [6, 6.07) is 12.1. The van der Waals surface area contributed by atoms with E-state index in [1.54, 1.807) is 12.2 Å². The molecule has 2 aromatic carbocycles. The van der Waals surface area contributed by atoms with Crippen molar-refractivity contribution in [3.8, 4) is 11.1 Å². The van der Waals surface area contributed by atoms with Crippen molar-refractivity contribution in [2.24, 2.45) is 4.99 Å². The molecule has 5 nitrogen and oxygen atoms in total. The van der Waals surface area contributed by atoms with E-state index in [0.29, 0.717) is 17.0 Å². The Bertz CT molecular complexity index is 1090. The maximum atomic E-state index is 11.5. The summed E-state index contributed by atoms with van der Waals surface area (Å²) >= 11 is 6.63. The Morgan fingerprint density at radius 2 is 1.83 bits per heavy atom. The first-order chi connectivity index (χ1) is 14.1. The zero-order chi connectivity index (χ0) is 20.0. The van der Waals surface area contributed by atoms with Crippen molar-refractivity contribution in [3.63, 3.8) is 0 Å². The van der Waals surface area contributed by atoms with Crippen LogP contribution in [0.2, 0.25) is 5.02 Å². The summed E-state index contributed by atoms with van der Waals surface area (Å²) in [5.41, 5.74) is 6.84. The van der Waals surface area contributed by atoms with Crippen LogP contribution >= 0.6 is 11.6 Å². The van der Waals surface area contributed by atoms with Gasteiger partial charge in [-0.1, -0.05) is 29.8 Å². The first-order valence-corrected chi connectivity index (χ1v) is 9.99. The van der Waals surface area contributed by atoms with Gasteiger partial charge in [-0.05, 0) is 35.9 Å². The lowest BCUT2D eigenvalue weighted by atomic mass is 9.88. The predicted molar refractivity (Wildman–Crippen MR) is 115 cm³/mol.